The zero-order valence-electron chi connectivity index (χ0n) is 8.12. The average molecular weight is 172 g/mol. The van der Waals surface area contributed by atoms with Gasteiger partial charge in [0.1, 0.15) is 0 Å². The Kier molecular flexibility index (Phi) is 4.02. The summed E-state index contributed by atoms with van der Waals surface area (Å²) in [6.07, 6.45) is 5.86. The van der Waals surface area contributed by atoms with Crippen LogP contribution in [0.3, 0.4) is 0 Å². The molecule has 1 N–H and O–H groups in total. The lowest BCUT2D eigenvalue weighted by molar-refractivity contribution is -0.165. The van der Waals surface area contributed by atoms with Crippen molar-refractivity contribution in [3.05, 3.63) is 0 Å². The van der Waals surface area contributed by atoms with Crippen LogP contribution in [0.2, 0.25) is 0 Å². The lowest BCUT2D eigenvalue weighted by Crippen LogP contribution is -2.27. The molecule has 1 fully saturated rings. The van der Waals surface area contributed by atoms with Gasteiger partial charge in [-0.05, 0) is 12.8 Å². The summed E-state index contributed by atoms with van der Waals surface area (Å²) in [6, 6.07) is 0. The maximum absolute atomic E-state index is 9.46. The first-order valence-corrected chi connectivity index (χ1v) is 5.03. The van der Waals surface area contributed by atoms with Gasteiger partial charge in [0.15, 0.2) is 6.29 Å². The summed E-state index contributed by atoms with van der Waals surface area (Å²) in [7, 11) is 0. The molecule has 0 bridgehead atoms. The largest absolute Gasteiger partial charge is 0.368 e. The Labute approximate surface area is 74.9 Å². The smallest absolute Gasteiger partial charge is 0.157 e. The molecule has 0 radical (unpaired) electrons. The van der Waals surface area contributed by atoms with Crippen molar-refractivity contribution in [3.63, 3.8) is 0 Å². The SMILES string of the molecule is CC(C)C(O)OC1CCCCC1. The fourth-order valence-electron chi connectivity index (χ4n) is 1.56. The molecule has 0 aliphatic heterocycles. The highest BCUT2D eigenvalue weighted by molar-refractivity contribution is 4.66. The minimum atomic E-state index is -0.562. The lowest BCUT2D eigenvalue weighted by atomic mass is 9.97. The first-order chi connectivity index (χ1) is 5.70. The molecule has 0 heterocycles. The number of ether oxygens (including phenoxy) is 1. The van der Waals surface area contributed by atoms with Crippen LogP contribution in [0.5, 0.6) is 0 Å². The normalized spacial score (nSPS) is 23.0. The van der Waals surface area contributed by atoms with E-state index in [-0.39, 0.29) is 5.92 Å². The molecule has 0 spiro atoms. The van der Waals surface area contributed by atoms with Crippen molar-refractivity contribution < 1.29 is 9.84 Å². The molecule has 1 atom stereocenters. The van der Waals surface area contributed by atoms with Crippen LogP contribution in [-0.2, 0) is 4.74 Å². The molecular formula is C10H20O2. The van der Waals surface area contributed by atoms with Gasteiger partial charge in [0, 0.05) is 5.92 Å². The third kappa shape index (κ3) is 3.11. The summed E-state index contributed by atoms with van der Waals surface area (Å²) < 4.78 is 5.51. The predicted octanol–water partition coefficient (Wildman–Crippen LogP) is 2.31. The van der Waals surface area contributed by atoms with E-state index >= 15 is 0 Å². The van der Waals surface area contributed by atoms with Crippen LogP contribution in [-0.4, -0.2) is 17.5 Å². The number of aliphatic hydroxyl groups excluding tert-OH is 1. The van der Waals surface area contributed by atoms with Crippen LogP contribution < -0.4 is 0 Å². The maximum Gasteiger partial charge on any atom is 0.157 e. The van der Waals surface area contributed by atoms with Gasteiger partial charge in [-0.1, -0.05) is 33.1 Å². The quantitative estimate of drug-likeness (QED) is 0.662. The van der Waals surface area contributed by atoms with Gasteiger partial charge in [-0.3, -0.25) is 0 Å². The third-order valence-corrected chi connectivity index (χ3v) is 2.45. The van der Waals surface area contributed by atoms with Crippen molar-refractivity contribution in [2.75, 3.05) is 0 Å². The van der Waals surface area contributed by atoms with Crippen LogP contribution in [0.4, 0.5) is 0 Å². The fourth-order valence-corrected chi connectivity index (χ4v) is 1.56. The van der Waals surface area contributed by atoms with Gasteiger partial charge in [0.25, 0.3) is 0 Å². The molecule has 0 aromatic carbocycles. The topological polar surface area (TPSA) is 29.5 Å². The van der Waals surface area contributed by atoms with E-state index in [1.165, 1.54) is 19.3 Å². The number of aliphatic hydroxyl groups is 1. The standard InChI is InChI=1S/C10H20O2/c1-8(2)10(11)12-9-6-4-3-5-7-9/h8-11H,3-7H2,1-2H3. The van der Waals surface area contributed by atoms with Crippen molar-refractivity contribution in [3.8, 4) is 0 Å². The van der Waals surface area contributed by atoms with Crippen LogP contribution in [0.15, 0.2) is 0 Å². The van der Waals surface area contributed by atoms with E-state index in [2.05, 4.69) is 0 Å². The maximum atomic E-state index is 9.46. The molecule has 12 heavy (non-hydrogen) atoms. The Bertz CT molecular complexity index is 117. The number of hydrogen-bond donors (Lipinski definition) is 1. The van der Waals surface area contributed by atoms with Gasteiger partial charge in [0.05, 0.1) is 6.10 Å². The van der Waals surface area contributed by atoms with Gasteiger partial charge >= 0.3 is 0 Å². The highest BCUT2D eigenvalue weighted by Gasteiger charge is 2.19. The molecule has 0 saturated heterocycles. The summed E-state index contributed by atoms with van der Waals surface area (Å²) >= 11 is 0. The van der Waals surface area contributed by atoms with E-state index in [4.69, 9.17) is 4.74 Å². The van der Waals surface area contributed by atoms with Crippen molar-refractivity contribution in [1.82, 2.24) is 0 Å². The van der Waals surface area contributed by atoms with Crippen LogP contribution >= 0.6 is 0 Å². The summed E-state index contributed by atoms with van der Waals surface area (Å²) in [5.74, 6) is 0.215. The Hall–Kier alpha value is -0.0800. The number of hydrogen-bond acceptors (Lipinski definition) is 2. The van der Waals surface area contributed by atoms with Gasteiger partial charge in [0.2, 0.25) is 0 Å². The zero-order valence-corrected chi connectivity index (χ0v) is 8.12. The van der Waals surface area contributed by atoms with Gasteiger partial charge in [-0.15, -0.1) is 0 Å². The van der Waals surface area contributed by atoms with Crippen molar-refractivity contribution >= 4 is 0 Å². The van der Waals surface area contributed by atoms with Gasteiger partial charge < -0.3 is 9.84 Å². The Balaban J connectivity index is 2.20. The molecule has 1 unspecified atom stereocenters. The molecular weight excluding hydrogens is 152 g/mol. The Morgan fingerprint density at radius 3 is 2.25 bits per heavy atom. The van der Waals surface area contributed by atoms with E-state index < -0.39 is 6.29 Å². The summed E-state index contributed by atoms with van der Waals surface area (Å²) in [4.78, 5) is 0. The highest BCUT2D eigenvalue weighted by Crippen LogP contribution is 2.22. The van der Waals surface area contributed by atoms with Crippen molar-refractivity contribution in [1.29, 1.82) is 0 Å². The van der Waals surface area contributed by atoms with Gasteiger partial charge in [-0.2, -0.15) is 0 Å². The van der Waals surface area contributed by atoms with Crippen LogP contribution in [0, 0.1) is 5.92 Å². The summed E-state index contributed by atoms with van der Waals surface area (Å²) in [5, 5.41) is 9.46. The molecule has 2 heteroatoms. The minimum absolute atomic E-state index is 0.215. The Morgan fingerprint density at radius 2 is 1.75 bits per heavy atom. The monoisotopic (exact) mass is 172 g/mol. The first-order valence-electron chi connectivity index (χ1n) is 5.03. The molecule has 1 rings (SSSR count). The molecule has 1 aliphatic rings. The number of rotatable bonds is 3. The Morgan fingerprint density at radius 1 is 1.17 bits per heavy atom. The molecule has 1 aliphatic carbocycles. The fraction of sp³-hybridized carbons (Fsp3) is 1.00. The van der Waals surface area contributed by atoms with Crippen LogP contribution in [0.25, 0.3) is 0 Å². The minimum Gasteiger partial charge on any atom is -0.368 e. The molecule has 1 saturated carbocycles. The second-order valence-corrected chi connectivity index (χ2v) is 4.03. The zero-order chi connectivity index (χ0) is 8.97. The molecule has 72 valence electrons. The third-order valence-electron chi connectivity index (χ3n) is 2.45. The summed E-state index contributed by atoms with van der Waals surface area (Å²) in [5.41, 5.74) is 0. The molecule has 0 aromatic heterocycles. The second-order valence-electron chi connectivity index (χ2n) is 4.03. The van der Waals surface area contributed by atoms with E-state index in [9.17, 15) is 5.11 Å². The molecule has 2 nitrogen and oxygen atoms in total. The first kappa shape index (κ1) is 10.0. The van der Waals surface area contributed by atoms with Gasteiger partial charge in [-0.25, -0.2) is 0 Å². The molecule has 0 amide bonds. The lowest BCUT2D eigenvalue weighted by Gasteiger charge is -2.26. The molecule has 0 aromatic rings. The average Bonchev–Trinajstić information content (AvgIpc) is 2.06. The summed E-state index contributed by atoms with van der Waals surface area (Å²) in [6.45, 7) is 3.96. The van der Waals surface area contributed by atoms with E-state index in [1.807, 2.05) is 13.8 Å². The predicted molar refractivity (Wildman–Crippen MR) is 48.8 cm³/mol. The van der Waals surface area contributed by atoms with E-state index in [0.717, 1.165) is 12.8 Å². The van der Waals surface area contributed by atoms with Crippen molar-refractivity contribution in [2.45, 2.75) is 58.3 Å². The van der Waals surface area contributed by atoms with Crippen molar-refractivity contribution in [2.24, 2.45) is 5.92 Å². The highest BCUT2D eigenvalue weighted by atomic mass is 16.6. The van der Waals surface area contributed by atoms with Crippen LogP contribution in [0.1, 0.15) is 46.0 Å². The van der Waals surface area contributed by atoms with E-state index in [1.54, 1.807) is 0 Å². The second kappa shape index (κ2) is 4.83. The van der Waals surface area contributed by atoms with E-state index in [0.29, 0.717) is 6.10 Å².